The summed E-state index contributed by atoms with van der Waals surface area (Å²) >= 11 is 6.28. The van der Waals surface area contributed by atoms with E-state index in [1.807, 2.05) is 19.1 Å². The first-order chi connectivity index (χ1) is 9.18. The Morgan fingerprint density at radius 1 is 1.47 bits per heavy atom. The lowest BCUT2D eigenvalue weighted by Crippen LogP contribution is -2.23. The third-order valence-corrected chi connectivity index (χ3v) is 3.94. The Balaban J connectivity index is 2.11. The molecule has 0 aromatic carbocycles. The highest BCUT2D eigenvalue weighted by Crippen LogP contribution is 2.31. The van der Waals surface area contributed by atoms with Gasteiger partial charge in [0.1, 0.15) is 11.3 Å². The van der Waals surface area contributed by atoms with E-state index in [0.717, 1.165) is 36.4 Å². The predicted molar refractivity (Wildman–Crippen MR) is 75.5 cm³/mol. The summed E-state index contributed by atoms with van der Waals surface area (Å²) in [5, 5.41) is -0.141. The van der Waals surface area contributed by atoms with Crippen LogP contribution in [0.4, 0.5) is 0 Å². The van der Waals surface area contributed by atoms with E-state index in [2.05, 4.69) is 21.5 Å². The van der Waals surface area contributed by atoms with Crippen LogP contribution in [0.25, 0.3) is 11.2 Å². The summed E-state index contributed by atoms with van der Waals surface area (Å²) < 4.78 is 7.94. The van der Waals surface area contributed by atoms with Gasteiger partial charge in [0.05, 0.1) is 17.5 Å². The Labute approximate surface area is 117 Å². The third kappa shape index (κ3) is 2.23. The molecule has 0 radical (unpaired) electrons. The molecule has 0 bridgehead atoms. The summed E-state index contributed by atoms with van der Waals surface area (Å²) in [5.41, 5.74) is 1.79. The van der Waals surface area contributed by atoms with E-state index >= 15 is 0 Å². The normalized spacial score (nSPS) is 22.8. The number of halogens is 1. The molecule has 1 aliphatic heterocycles. The van der Waals surface area contributed by atoms with Crippen LogP contribution in [0.3, 0.4) is 0 Å². The Kier molecular flexibility index (Phi) is 3.46. The molecule has 0 spiro atoms. The highest BCUT2D eigenvalue weighted by atomic mass is 35.5. The number of nitrogens with zero attached hydrogens (tertiary/aromatic N) is 3. The zero-order chi connectivity index (χ0) is 13.4. The molecule has 19 heavy (non-hydrogen) atoms. The minimum Gasteiger partial charge on any atom is -0.376 e. The van der Waals surface area contributed by atoms with Gasteiger partial charge in [-0.05, 0) is 38.8 Å². The number of ether oxygens (including phenoxy) is 1. The standard InChI is InChI=1S/C14H18ClN3O/c1-9(15)13-17-11-5-3-7-16-14(11)18(13)10(2)12-6-4-8-19-12/h3,5,7,9-10,12H,4,6,8H2,1-2H3. The van der Waals surface area contributed by atoms with E-state index in [1.54, 1.807) is 6.20 Å². The number of fused-ring (bicyclic) bond motifs is 1. The van der Waals surface area contributed by atoms with Crippen LogP contribution in [0.15, 0.2) is 18.3 Å². The molecule has 0 saturated carbocycles. The third-order valence-electron chi connectivity index (χ3n) is 3.74. The highest BCUT2D eigenvalue weighted by Gasteiger charge is 2.28. The molecule has 4 nitrogen and oxygen atoms in total. The number of hydrogen-bond acceptors (Lipinski definition) is 3. The topological polar surface area (TPSA) is 39.9 Å². The van der Waals surface area contributed by atoms with Crippen molar-refractivity contribution in [1.82, 2.24) is 14.5 Å². The summed E-state index contributed by atoms with van der Waals surface area (Å²) in [7, 11) is 0. The van der Waals surface area contributed by atoms with Gasteiger partial charge in [-0.25, -0.2) is 9.97 Å². The van der Waals surface area contributed by atoms with Gasteiger partial charge in [-0.15, -0.1) is 11.6 Å². The fourth-order valence-electron chi connectivity index (χ4n) is 2.78. The molecule has 1 aliphatic rings. The van der Waals surface area contributed by atoms with Gasteiger partial charge in [-0.1, -0.05) is 0 Å². The molecule has 0 aliphatic carbocycles. The maximum atomic E-state index is 6.28. The first kappa shape index (κ1) is 12.9. The van der Waals surface area contributed by atoms with Crippen molar-refractivity contribution < 1.29 is 4.74 Å². The molecular weight excluding hydrogens is 262 g/mol. The molecule has 3 unspecified atom stereocenters. The molecule has 2 aromatic heterocycles. The van der Waals surface area contributed by atoms with Crippen molar-refractivity contribution in [2.24, 2.45) is 0 Å². The Hall–Kier alpha value is -1.13. The van der Waals surface area contributed by atoms with Crippen LogP contribution in [-0.2, 0) is 4.74 Å². The summed E-state index contributed by atoms with van der Waals surface area (Å²) in [4.78, 5) is 9.08. The molecule has 2 aromatic rings. The van der Waals surface area contributed by atoms with Gasteiger partial charge in [-0.2, -0.15) is 0 Å². The van der Waals surface area contributed by atoms with Gasteiger partial charge in [0, 0.05) is 12.8 Å². The second kappa shape index (κ2) is 5.10. The van der Waals surface area contributed by atoms with E-state index in [-0.39, 0.29) is 17.5 Å². The second-order valence-electron chi connectivity index (χ2n) is 5.09. The largest absolute Gasteiger partial charge is 0.376 e. The summed E-state index contributed by atoms with van der Waals surface area (Å²) in [6.45, 7) is 4.96. The average molecular weight is 280 g/mol. The van der Waals surface area contributed by atoms with Crippen LogP contribution in [-0.4, -0.2) is 27.2 Å². The SMILES string of the molecule is CC(Cl)c1nc2cccnc2n1C(C)C1CCCO1. The molecule has 0 N–H and O–H groups in total. The van der Waals surface area contributed by atoms with Gasteiger partial charge in [0.2, 0.25) is 0 Å². The molecule has 3 rings (SSSR count). The monoisotopic (exact) mass is 279 g/mol. The van der Waals surface area contributed by atoms with Crippen LogP contribution >= 0.6 is 11.6 Å². The van der Waals surface area contributed by atoms with Crippen molar-refractivity contribution in [3.05, 3.63) is 24.2 Å². The quantitative estimate of drug-likeness (QED) is 0.808. The fraction of sp³-hybridized carbons (Fsp3) is 0.571. The van der Waals surface area contributed by atoms with Crippen molar-refractivity contribution in [3.63, 3.8) is 0 Å². The number of rotatable bonds is 3. The van der Waals surface area contributed by atoms with Gasteiger partial charge in [-0.3, -0.25) is 0 Å². The second-order valence-corrected chi connectivity index (χ2v) is 5.75. The van der Waals surface area contributed by atoms with Crippen LogP contribution in [0.5, 0.6) is 0 Å². The van der Waals surface area contributed by atoms with Crippen molar-refractivity contribution in [3.8, 4) is 0 Å². The molecule has 3 heterocycles. The lowest BCUT2D eigenvalue weighted by Gasteiger charge is -2.23. The lowest BCUT2D eigenvalue weighted by molar-refractivity contribution is 0.0734. The molecular formula is C14H18ClN3O. The Morgan fingerprint density at radius 3 is 3.00 bits per heavy atom. The summed E-state index contributed by atoms with van der Waals surface area (Å²) in [6.07, 6.45) is 4.24. The van der Waals surface area contributed by atoms with E-state index in [4.69, 9.17) is 16.3 Å². The number of aromatic nitrogens is 3. The molecule has 5 heteroatoms. The number of imidazole rings is 1. The number of pyridine rings is 1. The summed E-state index contributed by atoms with van der Waals surface area (Å²) in [6, 6.07) is 4.08. The molecule has 102 valence electrons. The maximum absolute atomic E-state index is 6.28. The number of alkyl halides is 1. The predicted octanol–water partition coefficient (Wildman–Crippen LogP) is 3.47. The minimum atomic E-state index is -0.141. The highest BCUT2D eigenvalue weighted by molar-refractivity contribution is 6.20. The average Bonchev–Trinajstić information content (AvgIpc) is 3.05. The zero-order valence-corrected chi connectivity index (χ0v) is 12.0. The van der Waals surface area contributed by atoms with Crippen LogP contribution in [0.1, 0.15) is 43.9 Å². The molecule has 3 atom stereocenters. The summed E-state index contributed by atoms with van der Waals surface area (Å²) in [5.74, 6) is 0.873. The van der Waals surface area contributed by atoms with Crippen LogP contribution < -0.4 is 0 Å². The first-order valence-corrected chi connectivity index (χ1v) is 7.20. The van der Waals surface area contributed by atoms with E-state index in [9.17, 15) is 0 Å². The fourth-order valence-corrected chi connectivity index (χ4v) is 2.93. The van der Waals surface area contributed by atoms with E-state index in [1.165, 1.54) is 0 Å². The van der Waals surface area contributed by atoms with E-state index in [0.29, 0.717) is 0 Å². The first-order valence-electron chi connectivity index (χ1n) is 6.77. The lowest BCUT2D eigenvalue weighted by atomic mass is 10.1. The molecule has 1 saturated heterocycles. The van der Waals surface area contributed by atoms with Gasteiger partial charge in [0.25, 0.3) is 0 Å². The van der Waals surface area contributed by atoms with Gasteiger partial charge in [0.15, 0.2) is 5.65 Å². The van der Waals surface area contributed by atoms with Crippen molar-refractivity contribution in [2.75, 3.05) is 6.61 Å². The van der Waals surface area contributed by atoms with Gasteiger partial charge < -0.3 is 9.30 Å². The smallest absolute Gasteiger partial charge is 0.160 e. The van der Waals surface area contributed by atoms with Crippen LogP contribution in [0, 0.1) is 0 Å². The molecule has 0 amide bonds. The van der Waals surface area contributed by atoms with Gasteiger partial charge >= 0.3 is 0 Å². The van der Waals surface area contributed by atoms with Crippen molar-refractivity contribution >= 4 is 22.8 Å². The maximum Gasteiger partial charge on any atom is 0.160 e. The van der Waals surface area contributed by atoms with E-state index < -0.39 is 0 Å². The van der Waals surface area contributed by atoms with Crippen molar-refractivity contribution in [2.45, 2.75) is 44.2 Å². The Bertz CT molecular complexity index is 575. The number of hydrogen-bond donors (Lipinski definition) is 0. The molecule has 1 fully saturated rings. The zero-order valence-electron chi connectivity index (χ0n) is 11.2. The Morgan fingerprint density at radius 2 is 2.32 bits per heavy atom. The minimum absolute atomic E-state index is 0.141. The van der Waals surface area contributed by atoms with Crippen molar-refractivity contribution in [1.29, 1.82) is 0 Å². The van der Waals surface area contributed by atoms with Crippen LogP contribution in [0.2, 0.25) is 0 Å².